The molecule has 0 aliphatic carbocycles. The van der Waals surface area contributed by atoms with Crippen LogP contribution in [0.3, 0.4) is 0 Å². The van der Waals surface area contributed by atoms with Crippen molar-refractivity contribution in [3.8, 4) is 0 Å². The molecule has 0 aromatic rings. The third kappa shape index (κ3) is 3.83. The van der Waals surface area contributed by atoms with Crippen LogP contribution in [0.1, 0.15) is 0 Å². The van der Waals surface area contributed by atoms with Crippen molar-refractivity contribution in [2.75, 3.05) is 20.3 Å². The molecule has 0 unspecified atom stereocenters. The van der Waals surface area contributed by atoms with Gasteiger partial charge in [-0.25, -0.2) is 4.79 Å². The number of amides is 5. The van der Waals surface area contributed by atoms with E-state index >= 15 is 0 Å². The molecule has 2 heterocycles. The van der Waals surface area contributed by atoms with Gasteiger partial charge in [0.1, 0.15) is 0 Å². The van der Waals surface area contributed by atoms with E-state index in [1.807, 2.05) is 0 Å². The molecule has 0 spiro atoms. The minimum Gasteiger partial charge on any atom is -0.452 e. The van der Waals surface area contributed by atoms with Crippen molar-refractivity contribution in [2.24, 2.45) is 0 Å². The van der Waals surface area contributed by atoms with E-state index in [-0.39, 0.29) is 25.0 Å². The second-order valence-electron chi connectivity index (χ2n) is 3.70. The summed E-state index contributed by atoms with van der Waals surface area (Å²) < 4.78 is 4.18. The molecule has 0 saturated carbocycles. The number of aliphatic hydroxyl groups excluding tert-OH is 1. The van der Waals surface area contributed by atoms with Crippen molar-refractivity contribution >= 4 is 29.7 Å². The largest absolute Gasteiger partial charge is 0.452 e. The van der Waals surface area contributed by atoms with Crippen LogP contribution in [-0.2, 0) is 23.9 Å². The van der Waals surface area contributed by atoms with Gasteiger partial charge in [0.05, 0.1) is 20.3 Å². The van der Waals surface area contributed by atoms with Crippen LogP contribution < -0.4 is 0 Å². The number of nitrogens with zero attached hydrogens (tertiary/aromatic N) is 2. The third-order valence-electron chi connectivity index (χ3n) is 2.39. The lowest BCUT2D eigenvalue weighted by molar-refractivity contribution is -0.138. The molecule has 0 aromatic carbocycles. The molecule has 9 nitrogen and oxygen atoms in total. The highest BCUT2D eigenvalue weighted by Crippen LogP contribution is 2.04. The molecule has 0 atom stereocenters. The molecule has 2 aliphatic heterocycles. The van der Waals surface area contributed by atoms with Gasteiger partial charge < -0.3 is 9.84 Å². The Morgan fingerprint density at radius 2 is 1.43 bits per heavy atom. The Kier molecular flexibility index (Phi) is 5.49. The summed E-state index contributed by atoms with van der Waals surface area (Å²) in [6.07, 6.45) is 3.46. The first-order valence-electron chi connectivity index (χ1n) is 5.70. The number of ether oxygens (including phenoxy) is 1. The van der Waals surface area contributed by atoms with Gasteiger partial charge >= 0.3 is 6.09 Å². The predicted octanol–water partition coefficient (Wildman–Crippen LogP) is -1.42. The first kappa shape index (κ1) is 16.2. The molecule has 21 heavy (non-hydrogen) atoms. The van der Waals surface area contributed by atoms with Crippen LogP contribution in [0.2, 0.25) is 0 Å². The first-order valence-corrected chi connectivity index (χ1v) is 5.70. The van der Waals surface area contributed by atoms with Gasteiger partial charge in [-0.15, -0.1) is 0 Å². The van der Waals surface area contributed by atoms with Crippen molar-refractivity contribution in [1.29, 1.82) is 0 Å². The van der Waals surface area contributed by atoms with Crippen LogP contribution in [0.4, 0.5) is 4.79 Å². The number of hydrogen-bond acceptors (Lipinski definition) is 7. The molecule has 0 fully saturated rings. The van der Waals surface area contributed by atoms with Crippen molar-refractivity contribution in [3.63, 3.8) is 0 Å². The molecular weight excluding hydrogens is 284 g/mol. The summed E-state index contributed by atoms with van der Waals surface area (Å²) in [6, 6.07) is 0. The molecular formula is C12H12N2O7. The Labute approximate surface area is 119 Å². The van der Waals surface area contributed by atoms with E-state index in [0.29, 0.717) is 4.90 Å². The first-order chi connectivity index (χ1) is 9.92. The van der Waals surface area contributed by atoms with Gasteiger partial charge in [-0.1, -0.05) is 0 Å². The number of aliphatic hydroxyl groups is 1. The van der Waals surface area contributed by atoms with E-state index in [4.69, 9.17) is 5.11 Å². The molecule has 0 radical (unpaired) electrons. The second-order valence-corrected chi connectivity index (χ2v) is 3.70. The Hall–Kier alpha value is -2.81. The average molecular weight is 296 g/mol. The van der Waals surface area contributed by atoms with Crippen molar-refractivity contribution in [2.45, 2.75) is 0 Å². The smallest absolute Gasteiger partial charge is 0.423 e. The van der Waals surface area contributed by atoms with Crippen LogP contribution in [0, 0.1) is 0 Å². The van der Waals surface area contributed by atoms with Crippen molar-refractivity contribution in [1.82, 2.24) is 9.80 Å². The maximum absolute atomic E-state index is 10.7. The molecule has 5 amide bonds. The lowest BCUT2D eigenvalue weighted by Crippen LogP contribution is -2.35. The number of methoxy groups -OCH3 is 1. The molecule has 2 aliphatic rings. The van der Waals surface area contributed by atoms with Gasteiger partial charge in [-0.05, 0) is 0 Å². The molecule has 2 rings (SSSR count). The summed E-state index contributed by atoms with van der Waals surface area (Å²) in [7, 11) is 1.10. The van der Waals surface area contributed by atoms with Crippen LogP contribution in [0.25, 0.3) is 0 Å². The zero-order valence-corrected chi connectivity index (χ0v) is 11.0. The summed E-state index contributed by atoms with van der Waals surface area (Å²) in [5.41, 5.74) is 0. The van der Waals surface area contributed by atoms with Gasteiger partial charge in [0, 0.05) is 24.3 Å². The number of hydrogen-bond donors (Lipinski definition) is 1. The Balaban J connectivity index is 0.000000211. The SMILES string of the molecule is COC(=O)N1C(=O)C=CC1=O.O=C1C=CC(=O)N1CCO. The summed E-state index contributed by atoms with van der Waals surface area (Å²) in [4.78, 5) is 54.8. The summed E-state index contributed by atoms with van der Waals surface area (Å²) in [6.45, 7) is -0.0934. The predicted molar refractivity (Wildman–Crippen MR) is 66.3 cm³/mol. The second kappa shape index (κ2) is 7.10. The molecule has 1 N–H and O–H groups in total. The fraction of sp³-hybridized carbons (Fsp3) is 0.250. The zero-order valence-electron chi connectivity index (χ0n) is 11.0. The number of rotatable bonds is 2. The number of carbonyl (C=O) groups is 5. The fourth-order valence-electron chi connectivity index (χ4n) is 1.42. The lowest BCUT2D eigenvalue weighted by Gasteiger charge is -2.10. The average Bonchev–Trinajstić information content (AvgIpc) is 2.96. The van der Waals surface area contributed by atoms with Gasteiger partial charge in [0.15, 0.2) is 0 Å². The zero-order chi connectivity index (χ0) is 16.0. The van der Waals surface area contributed by atoms with Crippen molar-refractivity contribution in [3.05, 3.63) is 24.3 Å². The van der Waals surface area contributed by atoms with Crippen molar-refractivity contribution < 1.29 is 33.8 Å². The normalized spacial score (nSPS) is 16.5. The Morgan fingerprint density at radius 1 is 1.00 bits per heavy atom. The lowest BCUT2D eigenvalue weighted by atomic mass is 10.5. The van der Waals surface area contributed by atoms with E-state index in [2.05, 4.69) is 4.74 Å². The third-order valence-corrected chi connectivity index (χ3v) is 2.39. The van der Waals surface area contributed by atoms with Gasteiger partial charge in [-0.3, -0.25) is 24.1 Å². The number of carbonyl (C=O) groups excluding carboxylic acids is 5. The molecule has 0 saturated heterocycles. The van der Waals surface area contributed by atoms with Crippen LogP contribution in [0.15, 0.2) is 24.3 Å². The van der Waals surface area contributed by atoms with Crippen LogP contribution in [0.5, 0.6) is 0 Å². The summed E-state index contributed by atoms with van der Waals surface area (Å²) in [5, 5.41) is 8.39. The molecule has 0 bridgehead atoms. The number of imide groups is 4. The summed E-state index contributed by atoms with van der Waals surface area (Å²) in [5.74, 6) is -2.03. The standard InChI is InChI=1S/C6H5NO4.C6H7NO3/c1-11-6(10)7-4(8)2-3-5(7)9;8-4-3-7-5(9)1-2-6(7)10/h2-3H,1H3;1-2,8H,3-4H2. The van der Waals surface area contributed by atoms with E-state index in [0.717, 1.165) is 24.2 Å². The van der Waals surface area contributed by atoms with Gasteiger partial charge in [0.2, 0.25) is 0 Å². The molecule has 0 aromatic heterocycles. The van der Waals surface area contributed by atoms with E-state index in [1.54, 1.807) is 0 Å². The monoisotopic (exact) mass is 296 g/mol. The van der Waals surface area contributed by atoms with Gasteiger partial charge in [0.25, 0.3) is 23.6 Å². The van der Waals surface area contributed by atoms with E-state index in [1.165, 1.54) is 12.2 Å². The maximum Gasteiger partial charge on any atom is 0.423 e. The highest BCUT2D eigenvalue weighted by atomic mass is 16.5. The van der Waals surface area contributed by atoms with Crippen LogP contribution >= 0.6 is 0 Å². The minimum atomic E-state index is -0.954. The highest BCUT2D eigenvalue weighted by Gasteiger charge is 2.30. The maximum atomic E-state index is 10.7. The van der Waals surface area contributed by atoms with E-state index < -0.39 is 17.9 Å². The quantitative estimate of drug-likeness (QED) is 0.621. The van der Waals surface area contributed by atoms with Crippen LogP contribution in [-0.4, -0.2) is 64.9 Å². The minimum absolute atomic E-state index is 0.0880. The summed E-state index contributed by atoms with van der Waals surface area (Å²) >= 11 is 0. The Morgan fingerprint density at radius 3 is 1.81 bits per heavy atom. The topological polar surface area (TPSA) is 121 Å². The molecule has 9 heteroatoms. The van der Waals surface area contributed by atoms with Gasteiger partial charge in [-0.2, -0.15) is 4.90 Å². The highest BCUT2D eigenvalue weighted by molar-refractivity contribution is 6.21. The Bertz CT molecular complexity index is 514. The fourth-order valence-corrected chi connectivity index (χ4v) is 1.42. The van der Waals surface area contributed by atoms with E-state index in [9.17, 15) is 24.0 Å². The number of β-amino-alcohol motifs (C(OH)–C–C–N with tert-alkyl or cyclic N) is 1. The molecule has 112 valence electrons.